The van der Waals surface area contributed by atoms with Gasteiger partial charge in [0.25, 0.3) is 0 Å². The van der Waals surface area contributed by atoms with Gasteiger partial charge in [0, 0.05) is 22.7 Å². The smallest absolute Gasteiger partial charge is 0.148 e. The average Bonchev–Trinajstić information content (AvgIpc) is 2.65. The molecule has 0 radical (unpaired) electrons. The van der Waals surface area contributed by atoms with Crippen molar-refractivity contribution in [2.75, 3.05) is 5.32 Å². The molecule has 2 rings (SSSR count). The summed E-state index contributed by atoms with van der Waals surface area (Å²) in [6.45, 7) is 4.15. The van der Waals surface area contributed by atoms with E-state index in [1.807, 2.05) is 30.3 Å². The summed E-state index contributed by atoms with van der Waals surface area (Å²) < 4.78 is 0. The van der Waals surface area contributed by atoms with Gasteiger partial charge in [-0.3, -0.25) is 5.10 Å². The molecule has 0 atom stereocenters. The highest BCUT2D eigenvalue weighted by Gasteiger charge is 2.04. The molecule has 0 aliphatic heterocycles. The van der Waals surface area contributed by atoms with Crippen molar-refractivity contribution in [1.29, 1.82) is 0 Å². The van der Waals surface area contributed by atoms with Gasteiger partial charge in [-0.1, -0.05) is 23.7 Å². The molecule has 0 bridgehead atoms. The molecule has 16 heavy (non-hydrogen) atoms. The quantitative estimate of drug-likeness (QED) is 0.854. The first-order chi connectivity index (χ1) is 7.65. The Hall–Kier alpha value is -1.48. The molecule has 0 saturated heterocycles. The Labute approximate surface area is 99.8 Å². The maximum absolute atomic E-state index is 5.94. The lowest BCUT2D eigenvalue weighted by Crippen LogP contribution is -2.09. The van der Waals surface area contributed by atoms with Crippen molar-refractivity contribution in [3.05, 3.63) is 35.4 Å². The molecule has 3 nitrogen and oxygen atoms in total. The minimum atomic E-state index is 0.371. The lowest BCUT2D eigenvalue weighted by molar-refractivity contribution is 0.884. The molecule has 0 unspecified atom stereocenters. The summed E-state index contributed by atoms with van der Waals surface area (Å²) in [5.74, 6) is 0.852. The van der Waals surface area contributed by atoms with Gasteiger partial charge in [0.15, 0.2) is 0 Å². The molecule has 0 aliphatic carbocycles. The summed E-state index contributed by atoms with van der Waals surface area (Å²) >= 11 is 5.94. The topological polar surface area (TPSA) is 40.7 Å². The van der Waals surface area contributed by atoms with Crippen LogP contribution in [-0.4, -0.2) is 16.2 Å². The van der Waals surface area contributed by atoms with E-state index < -0.39 is 0 Å². The van der Waals surface area contributed by atoms with Crippen LogP contribution in [0.5, 0.6) is 0 Å². The van der Waals surface area contributed by atoms with E-state index >= 15 is 0 Å². The fraction of sp³-hybridized carbons (Fsp3) is 0.250. The third-order valence-electron chi connectivity index (χ3n) is 2.15. The molecular formula is C12H14ClN3. The number of aromatic nitrogens is 2. The van der Waals surface area contributed by atoms with Crippen LogP contribution in [0, 0.1) is 0 Å². The zero-order valence-corrected chi connectivity index (χ0v) is 10.0. The Morgan fingerprint density at radius 3 is 2.81 bits per heavy atom. The number of nitrogens with zero attached hydrogens (tertiary/aromatic N) is 1. The van der Waals surface area contributed by atoms with Crippen LogP contribution in [0.15, 0.2) is 30.3 Å². The number of rotatable bonds is 3. The third kappa shape index (κ3) is 2.55. The summed E-state index contributed by atoms with van der Waals surface area (Å²) in [5.41, 5.74) is 2.00. The normalized spacial score (nSPS) is 10.8. The van der Waals surface area contributed by atoms with Crippen LogP contribution < -0.4 is 5.32 Å². The SMILES string of the molecule is CC(C)Nc1cc(-c2cccc(Cl)c2)[nH]n1. The minimum absolute atomic E-state index is 0.371. The van der Waals surface area contributed by atoms with Crippen molar-refractivity contribution in [3.63, 3.8) is 0 Å². The van der Waals surface area contributed by atoms with Crippen LogP contribution in [0.4, 0.5) is 5.82 Å². The van der Waals surface area contributed by atoms with Gasteiger partial charge in [-0.25, -0.2) is 0 Å². The van der Waals surface area contributed by atoms with Crippen LogP contribution in [0.1, 0.15) is 13.8 Å². The van der Waals surface area contributed by atoms with Gasteiger partial charge in [0.2, 0.25) is 0 Å². The van der Waals surface area contributed by atoms with Gasteiger partial charge in [-0.15, -0.1) is 0 Å². The Bertz CT molecular complexity index is 477. The Morgan fingerprint density at radius 2 is 2.12 bits per heavy atom. The second-order valence-electron chi connectivity index (χ2n) is 3.98. The molecule has 0 aliphatic rings. The van der Waals surface area contributed by atoms with E-state index in [0.717, 1.165) is 22.1 Å². The highest BCUT2D eigenvalue weighted by Crippen LogP contribution is 2.22. The van der Waals surface area contributed by atoms with E-state index in [0.29, 0.717) is 6.04 Å². The van der Waals surface area contributed by atoms with Crippen molar-refractivity contribution in [2.24, 2.45) is 0 Å². The van der Waals surface area contributed by atoms with Crippen LogP contribution in [0.2, 0.25) is 5.02 Å². The third-order valence-corrected chi connectivity index (χ3v) is 2.39. The summed E-state index contributed by atoms with van der Waals surface area (Å²) in [5, 5.41) is 11.1. The van der Waals surface area contributed by atoms with Crippen LogP contribution >= 0.6 is 11.6 Å². The maximum atomic E-state index is 5.94. The number of anilines is 1. The summed E-state index contributed by atoms with van der Waals surface area (Å²) in [6, 6.07) is 10.0. The highest BCUT2D eigenvalue weighted by molar-refractivity contribution is 6.30. The van der Waals surface area contributed by atoms with E-state index in [1.165, 1.54) is 0 Å². The van der Waals surface area contributed by atoms with E-state index in [9.17, 15) is 0 Å². The molecule has 0 spiro atoms. The molecule has 2 aromatic rings. The zero-order chi connectivity index (χ0) is 11.5. The minimum Gasteiger partial charge on any atom is -0.366 e. The van der Waals surface area contributed by atoms with Crippen molar-refractivity contribution >= 4 is 17.4 Å². The Kier molecular flexibility index (Phi) is 3.15. The van der Waals surface area contributed by atoms with Gasteiger partial charge < -0.3 is 5.32 Å². The predicted molar refractivity (Wildman–Crippen MR) is 67.8 cm³/mol. The highest BCUT2D eigenvalue weighted by atomic mass is 35.5. The monoisotopic (exact) mass is 235 g/mol. The van der Waals surface area contributed by atoms with Gasteiger partial charge in [-0.2, -0.15) is 5.10 Å². The fourth-order valence-corrected chi connectivity index (χ4v) is 1.69. The lowest BCUT2D eigenvalue weighted by atomic mass is 10.1. The number of aromatic amines is 1. The van der Waals surface area contributed by atoms with Gasteiger partial charge in [-0.05, 0) is 26.0 Å². The Balaban J connectivity index is 2.24. The Morgan fingerprint density at radius 1 is 1.31 bits per heavy atom. The van der Waals surface area contributed by atoms with Crippen LogP contribution in [0.3, 0.4) is 0 Å². The zero-order valence-electron chi connectivity index (χ0n) is 9.29. The van der Waals surface area contributed by atoms with Crippen molar-refractivity contribution < 1.29 is 0 Å². The van der Waals surface area contributed by atoms with Gasteiger partial charge >= 0.3 is 0 Å². The molecule has 1 aromatic carbocycles. The first-order valence-corrected chi connectivity index (χ1v) is 5.61. The van der Waals surface area contributed by atoms with Gasteiger partial charge in [0.1, 0.15) is 5.82 Å². The number of halogens is 1. The molecular weight excluding hydrogens is 222 g/mol. The number of H-pyrrole nitrogens is 1. The van der Waals surface area contributed by atoms with E-state index in [2.05, 4.69) is 29.4 Å². The van der Waals surface area contributed by atoms with Gasteiger partial charge in [0.05, 0.1) is 5.69 Å². The number of hydrogen-bond acceptors (Lipinski definition) is 2. The molecule has 4 heteroatoms. The first kappa shape index (κ1) is 11.0. The fourth-order valence-electron chi connectivity index (χ4n) is 1.50. The van der Waals surface area contributed by atoms with E-state index in [4.69, 9.17) is 11.6 Å². The molecule has 84 valence electrons. The molecule has 0 amide bonds. The molecule has 1 aromatic heterocycles. The maximum Gasteiger partial charge on any atom is 0.148 e. The van der Waals surface area contributed by atoms with Crippen molar-refractivity contribution in [1.82, 2.24) is 10.2 Å². The molecule has 0 saturated carbocycles. The summed E-state index contributed by atoms with van der Waals surface area (Å²) in [7, 11) is 0. The second kappa shape index (κ2) is 4.58. The van der Waals surface area contributed by atoms with Crippen molar-refractivity contribution in [2.45, 2.75) is 19.9 Å². The largest absolute Gasteiger partial charge is 0.366 e. The predicted octanol–water partition coefficient (Wildman–Crippen LogP) is 3.55. The number of nitrogens with one attached hydrogen (secondary N) is 2. The first-order valence-electron chi connectivity index (χ1n) is 5.23. The second-order valence-corrected chi connectivity index (χ2v) is 4.41. The van der Waals surface area contributed by atoms with Crippen molar-refractivity contribution in [3.8, 4) is 11.3 Å². The number of benzene rings is 1. The van der Waals surface area contributed by atoms with Crippen LogP contribution in [0.25, 0.3) is 11.3 Å². The van der Waals surface area contributed by atoms with E-state index in [1.54, 1.807) is 0 Å². The molecule has 0 fully saturated rings. The lowest BCUT2D eigenvalue weighted by Gasteiger charge is -2.04. The standard InChI is InChI=1S/C12H14ClN3/c1-8(2)14-12-7-11(15-16-12)9-4-3-5-10(13)6-9/h3-8H,1-2H3,(H2,14,15,16). The van der Waals surface area contributed by atoms with Crippen LogP contribution in [-0.2, 0) is 0 Å². The van der Waals surface area contributed by atoms with E-state index in [-0.39, 0.29) is 0 Å². The molecule has 2 N–H and O–H groups in total. The number of hydrogen-bond donors (Lipinski definition) is 2. The summed E-state index contributed by atoms with van der Waals surface area (Å²) in [4.78, 5) is 0. The average molecular weight is 236 g/mol. The summed E-state index contributed by atoms with van der Waals surface area (Å²) in [6.07, 6.45) is 0. The molecule has 1 heterocycles.